The lowest BCUT2D eigenvalue weighted by Crippen LogP contribution is -2.46. The minimum Gasteiger partial charge on any atom is -0.457 e. The molecule has 1 aliphatic rings. The molecule has 136 valence electrons. The lowest BCUT2D eigenvalue weighted by atomic mass is 10.00. The number of carbonyl (C=O) groups excluding carboxylic acids is 1. The second-order valence-corrected chi connectivity index (χ2v) is 6.40. The fraction of sp³-hybridized carbons (Fsp3) is 0.316. The first-order chi connectivity index (χ1) is 12.5. The average molecular weight is 355 g/mol. The largest absolute Gasteiger partial charge is 0.457 e. The van der Waals surface area contributed by atoms with Gasteiger partial charge < -0.3 is 15.4 Å². The van der Waals surface area contributed by atoms with E-state index in [9.17, 15) is 14.9 Å². The van der Waals surface area contributed by atoms with Gasteiger partial charge in [0.25, 0.3) is 11.6 Å². The first kappa shape index (κ1) is 17.9. The minimum absolute atomic E-state index is 0.0302. The van der Waals surface area contributed by atoms with Crippen LogP contribution in [0.2, 0.25) is 0 Å². The Morgan fingerprint density at radius 3 is 2.73 bits per heavy atom. The normalized spacial score (nSPS) is 19.6. The van der Waals surface area contributed by atoms with Crippen LogP contribution < -0.4 is 15.4 Å². The summed E-state index contributed by atoms with van der Waals surface area (Å²) in [6, 6.07) is 13.4. The second kappa shape index (κ2) is 7.97. The third-order valence-electron chi connectivity index (χ3n) is 4.35. The molecule has 1 fully saturated rings. The van der Waals surface area contributed by atoms with E-state index in [1.807, 2.05) is 18.2 Å². The van der Waals surface area contributed by atoms with Crippen LogP contribution in [0.1, 0.15) is 30.1 Å². The molecule has 2 N–H and O–H groups in total. The van der Waals surface area contributed by atoms with Crippen LogP contribution in [-0.2, 0) is 0 Å². The second-order valence-electron chi connectivity index (χ2n) is 6.40. The van der Waals surface area contributed by atoms with Crippen LogP contribution in [0.3, 0.4) is 0 Å². The van der Waals surface area contributed by atoms with Gasteiger partial charge in [-0.25, -0.2) is 0 Å². The molecule has 1 saturated heterocycles. The van der Waals surface area contributed by atoms with Gasteiger partial charge >= 0.3 is 0 Å². The van der Waals surface area contributed by atoms with Gasteiger partial charge in [-0.05, 0) is 44.5 Å². The van der Waals surface area contributed by atoms with Crippen molar-refractivity contribution in [3.05, 3.63) is 64.2 Å². The van der Waals surface area contributed by atoms with Gasteiger partial charge in [-0.1, -0.05) is 18.2 Å². The van der Waals surface area contributed by atoms with Gasteiger partial charge in [0.05, 0.1) is 10.5 Å². The number of nitro groups is 1. The summed E-state index contributed by atoms with van der Waals surface area (Å²) >= 11 is 0. The maximum absolute atomic E-state index is 12.8. The molecule has 2 unspecified atom stereocenters. The molecular weight excluding hydrogens is 334 g/mol. The predicted octanol–water partition coefficient (Wildman–Crippen LogP) is 3.26. The fourth-order valence-corrected chi connectivity index (χ4v) is 3.04. The number of nitrogens with zero attached hydrogens (tertiary/aromatic N) is 1. The van der Waals surface area contributed by atoms with E-state index in [0.29, 0.717) is 17.5 Å². The number of benzene rings is 2. The van der Waals surface area contributed by atoms with E-state index in [0.717, 1.165) is 19.4 Å². The van der Waals surface area contributed by atoms with E-state index in [2.05, 4.69) is 17.6 Å². The SMILES string of the molecule is CC1CC(NC(=O)c2cc([N+](=O)[O-])ccc2Oc2ccccc2)CCN1. The minimum atomic E-state index is -0.518. The van der Waals surface area contributed by atoms with Crippen molar-refractivity contribution in [2.45, 2.75) is 31.8 Å². The average Bonchev–Trinajstić information content (AvgIpc) is 2.62. The van der Waals surface area contributed by atoms with Gasteiger partial charge in [-0.2, -0.15) is 0 Å². The Hall–Kier alpha value is -2.93. The molecule has 1 amide bonds. The van der Waals surface area contributed by atoms with Crippen LogP contribution >= 0.6 is 0 Å². The van der Waals surface area contributed by atoms with Crippen molar-refractivity contribution in [1.29, 1.82) is 0 Å². The Kier molecular flexibility index (Phi) is 5.48. The number of amides is 1. The van der Waals surface area contributed by atoms with Crippen molar-refractivity contribution < 1.29 is 14.5 Å². The van der Waals surface area contributed by atoms with Crippen molar-refractivity contribution in [2.24, 2.45) is 0 Å². The van der Waals surface area contributed by atoms with Crippen molar-refractivity contribution >= 4 is 11.6 Å². The summed E-state index contributed by atoms with van der Waals surface area (Å²) < 4.78 is 5.78. The predicted molar refractivity (Wildman–Crippen MR) is 97.6 cm³/mol. The molecule has 0 aliphatic carbocycles. The molecule has 0 spiro atoms. The summed E-state index contributed by atoms with van der Waals surface area (Å²) in [5, 5.41) is 17.4. The highest BCUT2D eigenvalue weighted by atomic mass is 16.6. The van der Waals surface area contributed by atoms with Crippen LogP contribution in [0.5, 0.6) is 11.5 Å². The van der Waals surface area contributed by atoms with Gasteiger partial charge in [0.1, 0.15) is 11.5 Å². The number of hydrogen-bond donors (Lipinski definition) is 2. The molecule has 2 aromatic rings. The zero-order valence-corrected chi connectivity index (χ0v) is 14.5. The van der Waals surface area contributed by atoms with E-state index in [1.54, 1.807) is 12.1 Å². The summed E-state index contributed by atoms with van der Waals surface area (Å²) in [6.07, 6.45) is 1.63. The van der Waals surface area contributed by atoms with Crippen LogP contribution in [-0.4, -0.2) is 29.5 Å². The Bertz CT molecular complexity index is 795. The number of carbonyl (C=O) groups is 1. The van der Waals surface area contributed by atoms with Crippen LogP contribution in [0.25, 0.3) is 0 Å². The molecule has 0 aromatic heterocycles. The number of piperidine rings is 1. The quantitative estimate of drug-likeness (QED) is 0.634. The summed E-state index contributed by atoms with van der Waals surface area (Å²) in [5.74, 6) is 0.492. The number of rotatable bonds is 5. The van der Waals surface area contributed by atoms with Gasteiger partial charge in [-0.3, -0.25) is 14.9 Å². The Balaban J connectivity index is 1.85. The lowest BCUT2D eigenvalue weighted by molar-refractivity contribution is -0.384. The Labute approximate surface area is 151 Å². The maximum Gasteiger partial charge on any atom is 0.270 e. The number of ether oxygens (including phenoxy) is 1. The molecule has 1 heterocycles. The van der Waals surface area contributed by atoms with Crippen LogP contribution in [0.15, 0.2) is 48.5 Å². The monoisotopic (exact) mass is 355 g/mol. The van der Waals surface area contributed by atoms with Gasteiger partial charge in [-0.15, -0.1) is 0 Å². The van der Waals surface area contributed by atoms with E-state index in [1.165, 1.54) is 18.2 Å². The van der Waals surface area contributed by atoms with Crippen molar-refractivity contribution in [2.75, 3.05) is 6.54 Å². The molecule has 2 aromatic carbocycles. The van der Waals surface area contributed by atoms with E-state index < -0.39 is 4.92 Å². The Morgan fingerprint density at radius 1 is 1.27 bits per heavy atom. The summed E-state index contributed by atoms with van der Waals surface area (Å²) in [4.78, 5) is 23.4. The highest BCUT2D eigenvalue weighted by Crippen LogP contribution is 2.29. The molecule has 7 nitrogen and oxygen atoms in total. The number of nitro benzene ring substituents is 1. The summed E-state index contributed by atoms with van der Waals surface area (Å²) in [7, 11) is 0. The Morgan fingerprint density at radius 2 is 2.04 bits per heavy atom. The zero-order chi connectivity index (χ0) is 18.5. The number of hydrogen-bond acceptors (Lipinski definition) is 5. The summed E-state index contributed by atoms with van der Waals surface area (Å²) in [6.45, 7) is 2.89. The summed E-state index contributed by atoms with van der Waals surface area (Å²) in [5.41, 5.74) is 0.0171. The molecule has 26 heavy (non-hydrogen) atoms. The number of non-ortho nitro benzene ring substituents is 1. The molecule has 3 rings (SSSR count). The van der Waals surface area contributed by atoms with E-state index in [4.69, 9.17) is 4.74 Å². The topological polar surface area (TPSA) is 93.5 Å². The first-order valence-electron chi connectivity index (χ1n) is 8.58. The first-order valence-corrected chi connectivity index (χ1v) is 8.58. The third kappa shape index (κ3) is 4.37. The molecule has 7 heteroatoms. The molecule has 2 atom stereocenters. The van der Waals surface area contributed by atoms with Gasteiger partial charge in [0.2, 0.25) is 0 Å². The number of para-hydroxylation sites is 1. The molecule has 0 radical (unpaired) electrons. The van der Waals surface area contributed by atoms with Gasteiger partial charge in [0, 0.05) is 24.2 Å². The third-order valence-corrected chi connectivity index (χ3v) is 4.35. The fourth-order valence-electron chi connectivity index (χ4n) is 3.04. The highest BCUT2D eigenvalue weighted by molar-refractivity contribution is 5.97. The lowest BCUT2D eigenvalue weighted by Gasteiger charge is -2.28. The van der Waals surface area contributed by atoms with E-state index in [-0.39, 0.29) is 23.2 Å². The van der Waals surface area contributed by atoms with Crippen molar-refractivity contribution in [3.8, 4) is 11.5 Å². The smallest absolute Gasteiger partial charge is 0.270 e. The maximum atomic E-state index is 12.8. The highest BCUT2D eigenvalue weighted by Gasteiger charge is 2.24. The molecule has 0 saturated carbocycles. The standard InChI is InChI=1S/C19H21N3O4/c1-13-11-14(9-10-20-13)21-19(23)17-12-15(22(24)25)7-8-18(17)26-16-5-3-2-4-6-16/h2-8,12-14,20H,9-11H2,1H3,(H,21,23). The zero-order valence-electron chi connectivity index (χ0n) is 14.5. The number of nitrogens with one attached hydrogen (secondary N) is 2. The van der Waals surface area contributed by atoms with Crippen LogP contribution in [0, 0.1) is 10.1 Å². The molecule has 1 aliphatic heterocycles. The van der Waals surface area contributed by atoms with Crippen molar-refractivity contribution in [1.82, 2.24) is 10.6 Å². The molecular formula is C19H21N3O4. The van der Waals surface area contributed by atoms with E-state index >= 15 is 0 Å². The van der Waals surface area contributed by atoms with Gasteiger partial charge in [0.15, 0.2) is 0 Å². The van der Waals surface area contributed by atoms with Crippen molar-refractivity contribution in [3.63, 3.8) is 0 Å². The van der Waals surface area contributed by atoms with Crippen LogP contribution in [0.4, 0.5) is 5.69 Å². The molecule has 0 bridgehead atoms.